The molecule has 0 saturated carbocycles. The Morgan fingerprint density at radius 3 is 2.54 bits per heavy atom. The molecule has 2 aromatic rings. The van der Waals surface area contributed by atoms with Gasteiger partial charge in [0.2, 0.25) is 10.0 Å². The maximum atomic E-state index is 12.3. The third-order valence-electron chi connectivity index (χ3n) is 3.81. The Kier molecular flexibility index (Phi) is 8.18. The van der Waals surface area contributed by atoms with E-state index in [1.165, 1.54) is 6.07 Å². The predicted molar refractivity (Wildman–Crippen MR) is 102 cm³/mol. The first-order valence-electron chi connectivity index (χ1n) is 7.51. The molecule has 2 aromatic heterocycles. The number of pyridine rings is 1. The highest BCUT2D eigenvalue weighted by atomic mass is 35.5. The van der Waals surface area contributed by atoms with Gasteiger partial charge in [-0.15, -0.1) is 24.8 Å². The van der Waals surface area contributed by atoms with Crippen molar-refractivity contribution < 1.29 is 8.42 Å². The van der Waals surface area contributed by atoms with Gasteiger partial charge in [-0.3, -0.25) is 19.7 Å². The van der Waals surface area contributed by atoms with Crippen LogP contribution in [0.5, 0.6) is 0 Å². The number of aromatic nitrogens is 3. The molecule has 0 spiro atoms. The lowest BCUT2D eigenvalue weighted by Crippen LogP contribution is -2.46. The first kappa shape index (κ1) is 22.5. The summed E-state index contributed by atoms with van der Waals surface area (Å²) in [5, 5.41) is 3.24. The van der Waals surface area contributed by atoms with E-state index in [1.54, 1.807) is 0 Å². The average molecular weight is 427 g/mol. The SMILES string of the molecule is Cl.Cl.O=c1[nH]c(=O)c2cc(S(=O)(=O)NCCN3CCNCC3)cnc2[nH]1. The van der Waals surface area contributed by atoms with E-state index in [1.807, 2.05) is 4.98 Å². The Morgan fingerprint density at radius 1 is 1.15 bits per heavy atom. The normalized spacial score (nSPS) is 15.2. The lowest BCUT2D eigenvalue weighted by Gasteiger charge is -2.27. The van der Waals surface area contributed by atoms with Gasteiger partial charge in [0.25, 0.3) is 5.56 Å². The molecule has 1 aliphatic heterocycles. The van der Waals surface area contributed by atoms with Crippen LogP contribution < -0.4 is 21.3 Å². The van der Waals surface area contributed by atoms with Crippen LogP contribution >= 0.6 is 24.8 Å². The third kappa shape index (κ3) is 5.25. The molecule has 0 aromatic carbocycles. The van der Waals surface area contributed by atoms with Gasteiger partial charge < -0.3 is 5.32 Å². The molecule has 146 valence electrons. The molecule has 13 heteroatoms. The smallest absolute Gasteiger partial charge is 0.314 e. The highest BCUT2D eigenvalue weighted by Gasteiger charge is 2.17. The number of aromatic amines is 2. The van der Waals surface area contributed by atoms with Crippen molar-refractivity contribution in [2.45, 2.75) is 4.90 Å². The summed E-state index contributed by atoms with van der Waals surface area (Å²) in [4.78, 5) is 33.2. The number of H-pyrrole nitrogens is 2. The van der Waals surface area contributed by atoms with Crippen LogP contribution in [0.1, 0.15) is 0 Å². The van der Waals surface area contributed by atoms with E-state index in [2.05, 4.69) is 24.9 Å². The van der Waals surface area contributed by atoms with Gasteiger partial charge >= 0.3 is 5.69 Å². The van der Waals surface area contributed by atoms with Crippen LogP contribution in [0.25, 0.3) is 11.0 Å². The number of fused-ring (bicyclic) bond motifs is 1. The van der Waals surface area contributed by atoms with Crippen molar-refractivity contribution in [2.24, 2.45) is 0 Å². The van der Waals surface area contributed by atoms with Gasteiger partial charge in [0.05, 0.1) is 5.39 Å². The number of nitrogens with one attached hydrogen (secondary N) is 4. The van der Waals surface area contributed by atoms with E-state index in [-0.39, 0.29) is 47.3 Å². The van der Waals surface area contributed by atoms with Gasteiger partial charge in [-0.25, -0.2) is 22.9 Å². The molecule has 4 N–H and O–H groups in total. The fraction of sp³-hybridized carbons (Fsp3) is 0.462. The second-order valence-electron chi connectivity index (χ2n) is 5.46. The molecular formula is C13H20Cl2N6O4S. The van der Waals surface area contributed by atoms with E-state index in [4.69, 9.17) is 0 Å². The van der Waals surface area contributed by atoms with Crippen LogP contribution in [0.2, 0.25) is 0 Å². The summed E-state index contributed by atoms with van der Waals surface area (Å²) in [5.74, 6) is 0. The van der Waals surface area contributed by atoms with Crippen LogP contribution in [-0.2, 0) is 10.0 Å². The number of rotatable bonds is 5. The summed E-state index contributed by atoms with van der Waals surface area (Å²) < 4.78 is 27.2. The number of sulfonamides is 1. The molecule has 1 fully saturated rings. The summed E-state index contributed by atoms with van der Waals surface area (Å²) in [6.45, 7) is 4.41. The van der Waals surface area contributed by atoms with Crippen molar-refractivity contribution in [1.82, 2.24) is 29.9 Å². The van der Waals surface area contributed by atoms with Gasteiger partial charge in [0, 0.05) is 45.5 Å². The summed E-state index contributed by atoms with van der Waals surface area (Å²) in [6.07, 6.45) is 1.12. The minimum atomic E-state index is -3.78. The lowest BCUT2D eigenvalue weighted by molar-refractivity contribution is 0.245. The Balaban J connectivity index is 0.00000169. The van der Waals surface area contributed by atoms with Crippen LogP contribution in [-0.4, -0.2) is 67.5 Å². The molecule has 26 heavy (non-hydrogen) atoms. The second-order valence-corrected chi connectivity index (χ2v) is 7.23. The standard InChI is InChI=1S/C13H18N6O4S.2ClH/c20-12-10-7-9(8-15-11(10)17-13(21)18-12)24(22,23)16-3-6-19-4-1-14-2-5-19;;/h7-8,14,16H,1-6H2,(H2,15,17,18,20,21);2*1H. The molecule has 3 rings (SSSR count). The number of hydrogen-bond acceptors (Lipinski definition) is 7. The Morgan fingerprint density at radius 2 is 1.85 bits per heavy atom. The van der Waals surface area contributed by atoms with E-state index >= 15 is 0 Å². The van der Waals surface area contributed by atoms with Gasteiger partial charge in [0.15, 0.2) is 0 Å². The molecule has 0 unspecified atom stereocenters. The summed E-state index contributed by atoms with van der Waals surface area (Å²) in [5.41, 5.74) is -1.33. The predicted octanol–water partition coefficient (Wildman–Crippen LogP) is -1.36. The zero-order valence-corrected chi connectivity index (χ0v) is 16.1. The molecule has 0 atom stereocenters. The van der Waals surface area contributed by atoms with Crippen LogP contribution in [0.3, 0.4) is 0 Å². The zero-order valence-electron chi connectivity index (χ0n) is 13.6. The molecule has 0 bridgehead atoms. The van der Waals surface area contributed by atoms with E-state index < -0.39 is 21.3 Å². The number of piperazine rings is 1. The van der Waals surface area contributed by atoms with Gasteiger partial charge in [0.1, 0.15) is 10.5 Å². The molecule has 0 aliphatic carbocycles. The second kappa shape index (κ2) is 9.44. The van der Waals surface area contributed by atoms with E-state index in [9.17, 15) is 18.0 Å². The van der Waals surface area contributed by atoms with E-state index in [0.29, 0.717) is 6.54 Å². The van der Waals surface area contributed by atoms with Crippen LogP contribution in [0.4, 0.5) is 0 Å². The third-order valence-corrected chi connectivity index (χ3v) is 5.23. The average Bonchev–Trinajstić information content (AvgIpc) is 2.55. The molecule has 3 heterocycles. The first-order valence-corrected chi connectivity index (χ1v) is 8.99. The van der Waals surface area contributed by atoms with Crippen molar-refractivity contribution in [1.29, 1.82) is 0 Å². The van der Waals surface area contributed by atoms with Crippen molar-refractivity contribution >= 4 is 45.9 Å². The number of nitrogens with zero attached hydrogens (tertiary/aromatic N) is 2. The summed E-state index contributed by atoms with van der Waals surface area (Å²) in [6, 6.07) is 1.20. The minimum Gasteiger partial charge on any atom is -0.314 e. The summed E-state index contributed by atoms with van der Waals surface area (Å²) >= 11 is 0. The monoisotopic (exact) mass is 426 g/mol. The zero-order chi connectivity index (χ0) is 17.2. The molecular weight excluding hydrogens is 407 g/mol. The van der Waals surface area contributed by atoms with Crippen LogP contribution in [0, 0.1) is 0 Å². The summed E-state index contributed by atoms with van der Waals surface area (Å²) in [7, 11) is -3.78. The number of hydrogen-bond donors (Lipinski definition) is 4. The molecule has 0 amide bonds. The lowest BCUT2D eigenvalue weighted by atomic mass is 10.3. The highest BCUT2D eigenvalue weighted by molar-refractivity contribution is 7.89. The van der Waals surface area contributed by atoms with Crippen molar-refractivity contribution in [3.8, 4) is 0 Å². The topological polar surface area (TPSA) is 140 Å². The molecule has 10 nitrogen and oxygen atoms in total. The maximum Gasteiger partial charge on any atom is 0.327 e. The van der Waals surface area contributed by atoms with Crippen molar-refractivity contribution in [2.75, 3.05) is 39.3 Å². The van der Waals surface area contributed by atoms with Crippen molar-refractivity contribution in [3.05, 3.63) is 33.1 Å². The Labute approximate surface area is 161 Å². The first-order chi connectivity index (χ1) is 11.5. The highest BCUT2D eigenvalue weighted by Crippen LogP contribution is 2.11. The van der Waals surface area contributed by atoms with Gasteiger partial charge in [-0.2, -0.15) is 0 Å². The van der Waals surface area contributed by atoms with Crippen LogP contribution in [0.15, 0.2) is 26.7 Å². The quantitative estimate of drug-likeness (QED) is 0.462. The molecule has 1 aliphatic rings. The Hall–Kier alpha value is -1.50. The fourth-order valence-corrected chi connectivity index (χ4v) is 3.52. The van der Waals surface area contributed by atoms with E-state index in [0.717, 1.165) is 32.4 Å². The molecule has 1 saturated heterocycles. The van der Waals surface area contributed by atoms with Crippen molar-refractivity contribution in [3.63, 3.8) is 0 Å². The van der Waals surface area contributed by atoms with Gasteiger partial charge in [-0.05, 0) is 6.07 Å². The fourth-order valence-electron chi connectivity index (χ4n) is 2.53. The number of halogens is 2. The van der Waals surface area contributed by atoms with Gasteiger partial charge in [-0.1, -0.05) is 0 Å². The maximum absolute atomic E-state index is 12.3. The minimum absolute atomic E-state index is 0. The Bertz CT molecular complexity index is 955. The largest absolute Gasteiger partial charge is 0.327 e. The molecule has 0 radical (unpaired) electrons.